The zero-order valence-electron chi connectivity index (χ0n) is 16.7. The second kappa shape index (κ2) is 7.34. The molecule has 1 unspecified atom stereocenters. The van der Waals surface area contributed by atoms with E-state index in [0.29, 0.717) is 12.0 Å². The van der Waals surface area contributed by atoms with E-state index in [9.17, 15) is 18.0 Å². The van der Waals surface area contributed by atoms with E-state index in [0.717, 1.165) is 10.4 Å². The highest BCUT2D eigenvalue weighted by Gasteiger charge is 2.56. The van der Waals surface area contributed by atoms with Gasteiger partial charge in [0.25, 0.3) is 0 Å². The molecule has 2 fully saturated rings. The maximum Gasteiger partial charge on any atom is 0.243 e. The van der Waals surface area contributed by atoms with Gasteiger partial charge in [-0.25, -0.2) is 8.42 Å². The van der Waals surface area contributed by atoms with Gasteiger partial charge in [0, 0.05) is 18.0 Å². The van der Waals surface area contributed by atoms with Gasteiger partial charge in [0.1, 0.15) is 0 Å². The summed E-state index contributed by atoms with van der Waals surface area (Å²) in [5.41, 5.74) is 1.66. The Labute approximate surface area is 175 Å². The van der Waals surface area contributed by atoms with Crippen molar-refractivity contribution in [2.24, 2.45) is 11.8 Å². The first-order valence-electron chi connectivity index (χ1n) is 9.73. The first kappa shape index (κ1) is 20.3. The Kier molecular flexibility index (Phi) is 5.13. The number of fused-ring (bicyclic) bond motifs is 1. The van der Waals surface area contributed by atoms with Crippen LogP contribution >= 0.6 is 11.3 Å². The summed E-state index contributed by atoms with van der Waals surface area (Å²) in [5, 5.41) is 1.93. The zero-order chi connectivity index (χ0) is 20.9. The number of sulfonamides is 1. The summed E-state index contributed by atoms with van der Waals surface area (Å²) in [6.45, 7) is 5.75. The molecule has 3 heterocycles. The van der Waals surface area contributed by atoms with Gasteiger partial charge < -0.3 is 0 Å². The van der Waals surface area contributed by atoms with E-state index < -0.39 is 21.9 Å². The number of amides is 2. The minimum Gasteiger partial charge on any atom is -0.274 e. The van der Waals surface area contributed by atoms with Gasteiger partial charge in [-0.05, 0) is 43.3 Å². The molecule has 0 N–H and O–H groups in total. The van der Waals surface area contributed by atoms with Crippen molar-refractivity contribution in [1.82, 2.24) is 9.21 Å². The van der Waals surface area contributed by atoms with Crippen molar-refractivity contribution in [1.29, 1.82) is 0 Å². The molecule has 6 nitrogen and oxygen atoms in total. The van der Waals surface area contributed by atoms with Crippen LogP contribution in [0.15, 0.2) is 40.6 Å². The molecule has 1 aromatic heterocycles. The Balaban J connectivity index is 1.60. The summed E-state index contributed by atoms with van der Waals surface area (Å²) in [4.78, 5) is 28.8. The number of carbonyl (C=O) groups is 2. The molecule has 2 aromatic rings. The number of thiophene rings is 1. The summed E-state index contributed by atoms with van der Waals surface area (Å²) in [7, 11) is -3.75. The lowest BCUT2D eigenvalue weighted by Gasteiger charge is -2.27. The Morgan fingerprint density at radius 1 is 1.10 bits per heavy atom. The number of benzene rings is 1. The lowest BCUT2D eigenvalue weighted by Crippen LogP contribution is -2.39. The minimum absolute atomic E-state index is 0.0578. The van der Waals surface area contributed by atoms with Gasteiger partial charge in [-0.1, -0.05) is 30.7 Å². The molecule has 1 aromatic carbocycles. The van der Waals surface area contributed by atoms with Crippen molar-refractivity contribution in [2.75, 3.05) is 13.1 Å². The molecule has 3 atom stereocenters. The van der Waals surface area contributed by atoms with Crippen LogP contribution in [0.1, 0.15) is 35.4 Å². The van der Waals surface area contributed by atoms with Crippen molar-refractivity contribution in [3.63, 3.8) is 0 Å². The number of likely N-dealkylation sites (tertiary alicyclic amines) is 1. The van der Waals surface area contributed by atoms with Crippen LogP contribution in [0.5, 0.6) is 0 Å². The van der Waals surface area contributed by atoms with Gasteiger partial charge in [0.15, 0.2) is 0 Å². The quantitative estimate of drug-likeness (QED) is 0.681. The molecule has 8 heteroatoms. The van der Waals surface area contributed by atoms with Crippen molar-refractivity contribution < 1.29 is 18.0 Å². The summed E-state index contributed by atoms with van der Waals surface area (Å²) in [6.07, 6.45) is 0.641. The van der Waals surface area contributed by atoms with Crippen LogP contribution in [-0.2, 0) is 19.6 Å². The lowest BCUT2D eigenvalue weighted by molar-refractivity contribution is -0.143. The normalized spacial score (nSPS) is 23.6. The Hall–Kier alpha value is -2.03. The predicted octanol–water partition coefficient (Wildman–Crippen LogP) is 3.12. The van der Waals surface area contributed by atoms with E-state index in [2.05, 4.69) is 0 Å². The highest BCUT2D eigenvalue weighted by Crippen LogP contribution is 2.41. The topological polar surface area (TPSA) is 74.8 Å². The number of aryl methyl sites for hydroxylation is 2. The average molecular weight is 433 g/mol. The third-order valence-corrected chi connectivity index (χ3v) is 8.88. The van der Waals surface area contributed by atoms with Crippen molar-refractivity contribution in [3.05, 3.63) is 51.7 Å². The Morgan fingerprint density at radius 2 is 1.76 bits per heavy atom. The fourth-order valence-electron chi connectivity index (χ4n) is 4.46. The number of hydrogen-bond acceptors (Lipinski definition) is 5. The highest BCUT2D eigenvalue weighted by atomic mass is 32.2. The lowest BCUT2D eigenvalue weighted by atomic mass is 10.00. The summed E-state index contributed by atoms with van der Waals surface area (Å²) >= 11 is 1.53. The Morgan fingerprint density at radius 3 is 2.28 bits per heavy atom. The molecule has 0 bridgehead atoms. The monoisotopic (exact) mass is 432 g/mol. The fourth-order valence-corrected chi connectivity index (χ4v) is 7.06. The van der Waals surface area contributed by atoms with E-state index in [1.807, 2.05) is 37.4 Å². The van der Waals surface area contributed by atoms with E-state index in [1.165, 1.54) is 20.5 Å². The fraction of sp³-hybridized carbons (Fsp3) is 0.429. The standard InChI is InChI=1S/C21H24N2O4S2/c1-4-17(18-6-5-9-28-18)23-20(24)15-11-22(12-16(15)21(23)25)29(26,27)19-8-7-13(2)10-14(19)3/h5-10,15-17H,4,11-12H2,1-3H3/t15-,16+,17?. The zero-order valence-corrected chi connectivity index (χ0v) is 18.3. The summed E-state index contributed by atoms with van der Waals surface area (Å²) in [6, 6.07) is 8.77. The van der Waals surface area contributed by atoms with E-state index in [-0.39, 0.29) is 35.8 Å². The van der Waals surface area contributed by atoms with Crippen LogP contribution in [-0.4, -0.2) is 42.5 Å². The molecule has 2 saturated heterocycles. The molecule has 0 saturated carbocycles. The molecular formula is C21H24N2O4S2. The molecule has 2 aliphatic rings. The van der Waals surface area contributed by atoms with Crippen molar-refractivity contribution in [2.45, 2.75) is 38.1 Å². The van der Waals surface area contributed by atoms with E-state index in [1.54, 1.807) is 19.1 Å². The maximum absolute atomic E-state index is 13.2. The summed E-state index contributed by atoms with van der Waals surface area (Å²) in [5.74, 6) is -1.70. The van der Waals surface area contributed by atoms with Crippen LogP contribution in [0.4, 0.5) is 0 Å². The van der Waals surface area contributed by atoms with Gasteiger partial charge in [-0.2, -0.15) is 4.31 Å². The average Bonchev–Trinajstić information content (AvgIpc) is 3.38. The second-order valence-corrected chi connectivity index (χ2v) is 10.7. The first-order chi connectivity index (χ1) is 13.8. The van der Waals surface area contributed by atoms with Crippen LogP contribution in [0.2, 0.25) is 0 Å². The highest BCUT2D eigenvalue weighted by molar-refractivity contribution is 7.89. The molecule has 0 spiro atoms. The molecule has 2 aliphatic heterocycles. The summed E-state index contributed by atoms with van der Waals surface area (Å²) < 4.78 is 27.6. The number of rotatable bonds is 5. The predicted molar refractivity (Wildman–Crippen MR) is 111 cm³/mol. The molecule has 2 amide bonds. The van der Waals surface area contributed by atoms with Crippen LogP contribution in [0.25, 0.3) is 0 Å². The van der Waals surface area contributed by atoms with Crippen LogP contribution in [0.3, 0.4) is 0 Å². The molecule has 4 rings (SSSR count). The van der Waals surface area contributed by atoms with Gasteiger partial charge in [-0.15, -0.1) is 11.3 Å². The maximum atomic E-state index is 13.2. The second-order valence-electron chi connectivity index (χ2n) is 7.79. The smallest absolute Gasteiger partial charge is 0.243 e. The number of hydrogen-bond donors (Lipinski definition) is 0. The molecule has 0 aliphatic carbocycles. The van der Waals surface area contributed by atoms with Gasteiger partial charge >= 0.3 is 0 Å². The van der Waals surface area contributed by atoms with Crippen LogP contribution < -0.4 is 0 Å². The van der Waals surface area contributed by atoms with Gasteiger partial charge in [-0.3, -0.25) is 14.5 Å². The van der Waals surface area contributed by atoms with Crippen molar-refractivity contribution >= 4 is 33.2 Å². The minimum atomic E-state index is -3.75. The number of nitrogens with zero attached hydrogens (tertiary/aromatic N) is 2. The molecule has 29 heavy (non-hydrogen) atoms. The third-order valence-electron chi connectivity index (χ3n) is 5.91. The first-order valence-corrected chi connectivity index (χ1v) is 12.1. The van der Waals surface area contributed by atoms with Gasteiger partial charge in [0.05, 0.1) is 22.8 Å². The van der Waals surface area contributed by atoms with Gasteiger partial charge in [0.2, 0.25) is 21.8 Å². The molecule has 154 valence electrons. The number of carbonyl (C=O) groups excluding carboxylic acids is 2. The van der Waals surface area contributed by atoms with E-state index >= 15 is 0 Å². The molecule has 0 radical (unpaired) electrons. The Bertz CT molecular complexity index is 1040. The van der Waals surface area contributed by atoms with Crippen molar-refractivity contribution in [3.8, 4) is 0 Å². The third kappa shape index (κ3) is 3.23. The van der Waals surface area contributed by atoms with Crippen LogP contribution in [0, 0.1) is 25.7 Å². The SMILES string of the molecule is CCC(c1cccs1)N1C(=O)[C@H]2CN(S(=O)(=O)c3ccc(C)cc3C)C[C@H]2C1=O. The largest absolute Gasteiger partial charge is 0.274 e. The number of imide groups is 1. The van der Waals surface area contributed by atoms with E-state index in [4.69, 9.17) is 0 Å². The molecular weight excluding hydrogens is 408 g/mol.